The number of benzene rings is 1. The largest absolute Gasteiger partial charge is 0.504 e. The van der Waals surface area contributed by atoms with Crippen molar-refractivity contribution in [2.45, 2.75) is 6.92 Å². The summed E-state index contributed by atoms with van der Waals surface area (Å²) in [5.41, 5.74) is 1.09. The number of methoxy groups -OCH3 is 2. The van der Waals surface area contributed by atoms with Crippen molar-refractivity contribution in [2.75, 3.05) is 14.2 Å². The molecule has 0 atom stereocenters. The monoisotopic (exact) mass is 279 g/mol. The summed E-state index contributed by atoms with van der Waals surface area (Å²) in [5.74, 6) is -0.0246. The first-order chi connectivity index (χ1) is 9.06. The highest BCUT2D eigenvalue weighted by Crippen LogP contribution is 2.34. The van der Waals surface area contributed by atoms with E-state index in [2.05, 4.69) is 9.72 Å². The Morgan fingerprint density at radius 3 is 2.74 bits per heavy atom. The maximum atomic E-state index is 11.5. The molecule has 100 valence electrons. The molecule has 5 nitrogen and oxygen atoms in total. The van der Waals surface area contributed by atoms with Gasteiger partial charge in [0, 0.05) is 10.4 Å². The van der Waals surface area contributed by atoms with E-state index in [0.717, 1.165) is 10.4 Å². The van der Waals surface area contributed by atoms with Gasteiger partial charge in [-0.15, -0.1) is 11.3 Å². The van der Waals surface area contributed by atoms with E-state index in [1.54, 1.807) is 12.1 Å². The molecule has 0 aliphatic carbocycles. The van der Waals surface area contributed by atoms with Crippen LogP contribution in [0.5, 0.6) is 11.5 Å². The number of aryl methyl sites for hydroxylation is 1. The Hall–Kier alpha value is -2.08. The maximum absolute atomic E-state index is 11.5. The van der Waals surface area contributed by atoms with Crippen molar-refractivity contribution >= 4 is 17.3 Å². The zero-order valence-electron chi connectivity index (χ0n) is 10.8. The van der Waals surface area contributed by atoms with E-state index in [-0.39, 0.29) is 5.75 Å². The lowest BCUT2D eigenvalue weighted by Gasteiger charge is -2.04. The maximum Gasteiger partial charge on any atom is 0.357 e. The number of esters is 1. The van der Waals surface area contributed by atoms with Gasteiger partial charge in [0.2, 0.25) is 0 Å². The van der Waals surface area contributed by atoms with E-state index < -0.39 is 5.97 Å². The Kier molecular flexibility index (Phi) is 3.71. The normalized spacial score (nSPS) is 10.3. The van der Waals surface area contributed by atoms with Gasteiger partial charge in [-0.2, -0.15) is 0 Å². The third-order valence-electron chi connectivity index (χ3n) is 2.60. The van der Waals surface area contributed by atoms with Crippen molar-refractivity contribution in [3.05, 3.63) is 28.8 Å². The smallest absolute Gasteiger partial charge is 0.357 e. The molecule has 2 aromatic rings. The summed E-state index contributed by atoms with van der Waals surface area (Å²) in [6.45, 7) is 1.81. The Morgan fingerprint density at radius 1 is 1.37 bits per heavy atom. The van der Waals surface area contributed by atoms with Crippen LogP contribution in [0.3, 0.4) is 0 Å². The molecule has 0 spiro atoms. The minimum absolute atomic E-state index is 0.0627. The molecule has 19 heavy (non-hydrogen) atoms. The Labute approximate surface area is 114 Å². The van der Waals surface area contributed by atoms with Gasteiger partial charge in [-0.25, -0.2) is 9.78 Å². The first-order valence-corrected chi connectivity index (χ1v) is 6.31. The fourth-order valence-electron chi connectivity index (χ4n) is 1.62. The average Bonchev–Trinajstić information content (AvgIpc) is 2.80. The highest BCUT2D eigenvalue weighted by atomic mass is 32.1. The first kappa shape index (κ1) is 13.4. The summed E-state index contributed by atoms with van der Waals surface area (Å²) in [6.07, 6.45) is 0. The lowest BCUT2D eigenvalue weighted by Crippen LogP contribution is -2.03. The zero-order valence-corrected chi connectivity index (χ0v) is 11.6. The first-order valence-electron chi connectivity index (χ1n) is 5.50. The molecular formula is C13H13NO4S. The molecule has 1 aromatic heterocycles. The van der Waals surface area contributed by atoms with Crippen LogP contribution >= 0.6 is 11.3 Å². The number of nitrogens with zero attached hydrogens (tertiary/aromatic N) is 1. The topological polar surface area (TPSA) is 68.7 Å². The van der Waals surface area contributed by atoms with Crippen molar-refractivity contribution in [2.24, 2.45) is 0 Å². The highest BCUT2D eigenvalue weighted by molar-refractivity contribution is 7.15. The Morgan fingerprint density at radius 2 is 2.11 bits per heavy atom. The van der Waals surface area contributed by atoms with Gasteiger partial charge < -0.3 is 14.6 Å². The van der Waals surface area contributed by atoms with Crippen molar-refractivity contribution in [3.8, 4) is 22.1 Å². The van der Waals surface area contributed by atoms with Crippen LogP contribution in [0, 0.1) is 6.92 Å². The fraction of sp³-hybridized carbons (Fsp3) is 0.231. The summed E-state index contributed by atoms with van der Waals surface area (Å²) in [6, 6.07) is 4.93. The highest BCUT2D eigenvalue weighted by Gasteiger charge is 2.17. The summed E-state index contributed by atoms with van der Waals surface area (Å²) < 4.78 is 9.72. The van der Waals surface area contributed by atoms with Crippen molar-refractivity contribution in [1.82, 2.24) is 4.98 Å². The molecule has 0 aliphatic heterocycles. The van der Waals surface area contributed by atoms with E-state index in [1.165, 1.54) is 31.6 Å². The van der Waals surface area contributed by atoms with Gasteiger partial charge in [0.25, 0.3) is 0 Å². The van der Waals surface area contributed by atoms with E-state index in [9.17, 15) is 9.90 Å². The van der Waals surface area contributed by atoms with Gasteiger partial charge in [-0.1, -0.05) is 0 Å². The van der Waals surface area contributed by atoms with Crippen LogP contribution in [-0.2, 0) is 4.74 Å². The molecule has 0 radical (unpaired) electrons. The number of hydrogen-bond donors (Lipinski definition) is 1. The lowest BCUT2D eigenvalue weighted by molar-refractivity contribution is 0.0594. The second-order valence-corrected chi connectivity index (χ2v) is 5.01. The number of rotatable bonds is 3. The number of aromatic nitrogens is 1. The number of hydrogen-bond acceptors (Lipinski definition) is 6. The van der Waals surface area contributed by atoms with Crippen LogP contribution in [0.15, 0.2) is 18.2 Å². The number of carbonyl (C=O) groups excluding carboxylic acids is 1. The van der Waals surface area contributed by atoms with Crippen LogP contribution in [0.2, 0.25) is 0 Å². The van der Waals surface area contributed by atoms with Crippen LogP contribution in [0.25, 0.3) is 10.6 Å². The minimum Gasteiger partial charge on any atom is -0.504 e. The standard InChI is InChI=1S/C13H13NO4S/c1-7-11(13(16)18-3)14-12(19-7)8-4-5-9(15)10(6-8)17-2/h4-6,15H,1-3H3. The second-order valence-electron chi connectivity index (χ2n) is 3.80. The molecule has 0 saturated heterocycles. The molecular weight excluding hydrogens is 266 g/mol. The molecule has 1 N–H and O–H groups in total. The molecule has 0 fully saturated rings. The van der Waals surface area contributed by atoms with E-state index in [4.69, 9.17) is 4.74 Å². The number of phenolic OH excluding ortho intramolecular Hbond substituents is 1. The zero-order chi connectivity index (χ0) is 14.0. The van der Waals surface area contributed by atoms with Gasteiger partial charge in [-0.05, 0) is 25.1 Å². The van der Waals surface area contributed by atoms with Gasteiger partial charge in [0.05, 0.1) is 14.2 Å². The van der Waals surface area contributed by atoms with Crippen LogP contribution in [0.1, 0.15) is 15.4 Å². The van der Waals surface area contributed by atoms with Crippen molar-refractivity contribution in [1.29, 1.82) is 0 Å². The molecule has 1 heterocycles. The Balaban J connectivity index is 2.45. The summed E-state index contributed by atoms with van der Waals surface area (Å²) in [4.78, 5) is 16.6. The molecule has 1 aromatic carbocycles. The van der Waals surface area contributed by atoms with E-state index in [1.807, 2.05) is 6.92 Å². The lowest BCUT2D eigenvalue weighted by atomic mass is 10.2. The summed E-state index contributed by atoms with van der Waals surface area (Å²) in [7, 11) is 2.80. The quantitative estimate of drug-likeness (QED) is 0.875. The predicted octanol–water partition coefficient (Wildman–Crippen LogP) is 2.62. The van der Waals surface area contributed by atoms with Gasteiger partial charge in [-0.3, -0.25) is 0 Å². The van der Waals surface area contributed by atoms with Crippen LogP contribution in [-0.4, -0.2) is 30.3 Å². The van der Waals surface area contributed by atoms with Crippen molar-refractivity contribution in [3.63, 3.8) is 0 Å². The summed E-state index contributed by atoms with van der Waals surface area (Å²) >= 11 is 1.39. The van der Waals surface area contributed by atoms with Gasteiger partial charge >= 0.3 is 5.97 Å². The SMILES string of the molecule is COC(=O)c1nc(-c2ccc(O)c(OC)c2)sc1C. The Bertz CT molecular complexity index is 621. The molecule has 0 bridgehead atoms. The number of phenols is 1. The number of aromatic hydroxyl groups is 1. The van der Waals surface area contributed by atoms with Crippen LogP contribution < -0.4 is 4.74 Å². The number of carbonyl (C=O) groups is 1. The second kappa shape index (κ2) is 5.27. The summed E-state index contributed by atoms with van der Waals surface area (Å²) in [5, 5.41) is 10.2. The van der Waals surface area contributed by atoms with Gasteiger partial charge in [0.15, 0.2) is 17.2 Å². The molecule has 2 rings (SSSR count). The fourth-order valence-corrected chi connectivity index (χ4v) is 2.51. The van der Waals surface area contributed by atoms with E-state index in [0.29, 0.717) is 16.5 Å². The van der Waals surface area contributed by atoms with Gasteiger partial charge in [0.1, 0.15) is 5.01 Å². The minimum atomic E-state index is -0.453. The average molecular weight is 279 g/mol. The molecule has 6 heteroatoms. The third kappa shape index (κ3) is 2.53. The van der Waals surface area contributed by atoms with E-state index >= 15 is 0 Å². The van der Waals surface area contributed by atoms with Crippen molar-refractivity contribution < 1.29 is 19.4 Å². The molecule has 0 amide bonds. The molecule has 0 unspecified atom stereocenters. The molecule has 0 saturated carbocycles. The third-order valence-corrected chi connectivity index (χ3v) is 3.62. The molecule has 0 aliphatic rings. The number of ether oxygens (including phenoxy) is 2. The van der Waals surface area contributed by atoms with Crippen LogP contribution in [0.4, 0.5) is 0 Å². The predicted molar refractivity (Wildman–Crippen MR) is 71.8 cm³/mol. The number of thiazole rings is 1.